The van der Waals surface area contributed by atoms with Crippen molar-refractivity contribution in [1.82, 2.24) is 72.3 Å². The van der Waals surface area contributed by atoms with Gasteiger partial charge in [0.1, 0.15) is 0 Å². The minimum atomic E-state index is 0.604. The summed E-state index contributed by atoms with van der Waals surface area (Å²) < 4.78 is 13.1. The monoisotopic (exact) mass is 1610 g/mol. The van der Waals surface area contributed by atoms with Gasteiger partial charge in [-0.2, -0.15) is 0 Å². The van der Waals surface area contributed by atoms with E-state index in [2.05, 4.69) is 373 Å². The lowest BCUT2D eigenvalue weighted by molar-refractivity contribution is 0.966. The predicted molar refractivity (Wildman–Crippen MR) is 513 cm³/mol. The molecule has 0 saturated carbocycles. The molecule has 0 fully saturated rings. The summed E-state index contributed by atoms with van der Waals surface area (Å²) in [7, 11) is 0. The van der Waals surface area contributed by atoms with Crippen LogP contribution in [-0.4, -0.2) is 72.3 Å². The summed E-state index contributed by atoms with van der Waals surface area (Å²) in [5, 5.41) is 14.1. The minimum absolute atomic E-state index is 0.604. The fraction of sp³-hybridized carbons (Fsp3) is 0. The van der Waals surface area contributed by atoms with Crippen molar-refractivity contribution >= 4 is 131 Å². The highest BCUT2D eigenvalue weighted by Crippen LogP contribution is 2.44. The van der Waals surface area contributed by atoms with Gasteiger partial charge in [-0.25, -0.2) is 39.9 Å². The van der Waals surface area contributed by atoms with E-state index in [1.807, 2.05) is 85.8 Å². The van der Waals surface area contributed by atoms with E-state index >= 15 is 0 Å². The molecule has 0 N–H and O–H groups in total. The van der Waals surface area contributed by atoms with Gasteiger partial charge >= 0.3 is 0 Å². The lowest BCUT2D eigenvalue weighted by Gasteiger charge is -2.13. The van der Waals surface area contributed by atoms with Crippen LogP contribution >= 0.6 is 0 Å². The molecule has 14 aromatic carbocycles. The molecule has 26 aromatic rings. The first-order valence-corrected chi connectivity index (χ1v) is 42.0. The van der Waals surface area contributed by atoms with E-state index in [1.165, 1.54) is 32.3 Å². The third-order valence-corrected chi connectivity index (χ3v) is 24.2. The standard InChI is InChI=1S/2C39H25N5.C33H21N5/c1-3-13-26(14-4-1)33-23-32-31-19-9-10-20-34(31)43(38(32)37(42-33)27-15-5-2-6-16-27)28-24-40-39(41-25-28)44-35-21-11-7-17-29(35)30-18-8-12-22-36(30)44;1-3-13-26(14-4-1)33-23-32-31-19-9-12-22-36(31)44(38(32)37(42-33)27-15-5-2-6-16-27)39-40-24-28(25-41-39)43-34-20-10-7-17-29(34)30-18-8-11-21-35(30)43;1-2-10-22(11-3-1)27-18-26-25-14-6-9-17-30(25)38(31(26)19-34-27)33-21-35-32(20-36-33)37-28-15-7-4-12-23(28)24-13-5-8-16-29(24)37/h2*1-25H;1-21H. The Morgan fingerprint density at radius 1 is 0.159 bits per heavy atom. The molecule has 0 amide bonds. The Balaban J connectivity index is 0.000000106. The quantitative estimate of drug-likeness (QED) is 0.123. The maximum atomic E-state index is 5.28. The maximum absolute atomic E-state index is 5.28. The molecule has 12 heterocycles. The number of nitrogens with zero attached hydrogens (tertiary/aromatic N) is 15. The molecule has 126 heavy (non-hydrogen) atoms. The first-order chi connectivity index (χ1) is 62.6. The van der Waals surface area contributed by atoms with Crippen molar-refractivity contribution in [1.29, 1.82) is 0 Å². The molecule has 0 radical (unpaired) electrons. The summed E-state index contributed by atoms with van der Waals surface area (Å²) in [6.07, 6.45) is 13.4. The third kappa shape index (κ3) is 12.2. The summed E-state index contributed by atoms with van der Waals surface area (Å²) in [6.45, 7) is 0. The third-order valence-electron chi connectivity index (χ3n) is 24.2. The largest absolute Gasteiger partial charge is 0.306 e. The molecule has 15 nitrogen and oxygen atoms in total. The summed E-state index contributed by atoms with van der Waals surface area (Å²) in [5.74, 6) is 2.79. The number of para-hydroxylation sites is 9. The van der Waals surface area contributed by atoms with Crippen LogP contribution in [-0.2, 0) is 0 Å². The van der Waals surface area contributed by atoms with Gasteiger partial charge in [-0.05, 0) is 72.8 Å². The Labute approximate surface area is 721 Å². The Bertz CT molecular complexity index is 8160. The van der Waals surface area contributed by atoms with E-state index in [9.17, 15) is 0 Å². The Kier molecular flexibility index (Phi) is 17.5. The van der Waals surface area contributed by atoms with Crippen molar-refractivity contribution in [2.24, 2.45) is 0 Å². The van der Waals surface area contributed by atoms with Crippen LogP contribution in [0.3, 0.4) is 0 Å². The Morgan fingerprint density at radius 3 is 0.778 bits per heavy atom. The lowest BCUT2D eigenvalue weighted by atomic mass is 10.0. The molecule has 0 spiro atoms. The molecule has 0 saturated heterocycles. The van der Waals surface area contributed by atoms with Gasteiger partial charge in [0, 0.05) is 92.5 Å². The molecule has 0 aliphatic carbocycles. The van der Waals surface area contributed by atoms with Crippen LogP contribution in [0.4, 0.5) is 0 Å². The molecular weight excluding hydrogens is 1540 g/mol. The maximum Gasteiger partial charge on any atom is 0.234 e. The number of aromatic nitrogens is 15. The van der Waals surface area contributed by atoms with Crippen LogP contribution in [0.25, 0.3) is 222 Å². The van der Waals surface area contributed by atoms with Crippen LogP contribution in [0, 0.1) is 0 Å². The lowest BCUT2D eigenvalue weighted by Crippen LogP contribution is -2.04. The zero-order chi connectivity index (χ0) is 83.1. The van der Waals surface area contributed by atoms with E-state index < -0.39 is 0 Å². The van der Waals surface area contributed by atoms with E-state index in [1.54, 1.807) is 0 Å². The second kappa shape index (κ2) is 30.4. The van der Waals surface area contributed by atoms with E-state index in [0.29, 0.717) is 11.9 Å². The normalized spacial score (nSPS) is 11.7. The topological polar surface area (TPSA) is 146 Å². The number of pyridine rings is 3. The highest BCUT2D eigenvalue weighted by molar-refractivity contribution is 6.17. The number of rotatable bonds is 11. The fourth-order valence-electron chi connectivity index (χ4n) is 18.6. The summed E-state index contributed by atoms with van der Waals surface area (Å²) in [6, 6.07) is 134. The summed E-state index contributed by atoms with van der Waals surface area (Å²) >= 11 is 0. The van der Waals surface area contributed by atoms with Gasteiger partial charge in [-0.1, -0.05) is 315 Å². The van der Waals surface area contributed by atoms with Gasteiger partial charge in [0.2, 0.25) is 11.9 Å². The molecule has 12 aromatic heterocycles. The molecule has 0 bridgehead atoms. The fourth-order valence-corrected chi connectivity index (χ4v) is 18.6. The molecular formula is C111H71N15. The van der Waals surface area contributed by atoms with Gasteiger partial charge in [-0.3, -0.25) is 23.3 Å². The molecule has 15 heteroatoms. The highest BCUT2D eigenvalue weighted by atomic mass is 15.2. The average molecular weight is 1610 g/mol. The predicted octanol–water partition coefficient (Wildman–Crippen LogP) is 26.5. The van der Waals surface area contributed by atoms with Gasteiger partial charge in [0.05, 0.1) is 149 Å². The Hall–Kier alpha value is -17.4. The van der Waals surface area contributed by atoms with Gasteiger partial charge in [0.25, 0.3) is 0 Å². The van der Waals surface area contributed by atoms with Crippen LogP contribution in [0.2, 0.25) is 0 Å². The van der Waals surface area contributed by atoms with Crippen molar-refractivity contribution in [3.8, 4) is 91.2 Å². The summed E-state index contributed by atoms with van der Waals surface area (Å²) in [4.78, 5) is 45.2. The van der Waals surface area contributed by atoms with Crippen molar-refractivity contribution in [3.63, 3.8) is 0 Å². The highest BCUT2D eigenvalue weighted by Gasteiger charge is 2.26. The second-order valence-corrected chi connectivity index (χ2v) is 31.3. The first-order valence-electron chi connectivity index (χ1n) is 42.0. The van der Waals surface area contributed by atoms with Crippen LogP contribution in [0.5, 0.6) is 0 Å². The van der Waals surface area contributed by atoms with Crippen molar-refractivity contribution < 1.29 is 0 Å². The number of hydrogen-bond acceptors (Lipinski definition) is 9. The van der Waals surface area contributed by atoms with Crippen LogP contribution in [0.15, 0.2) is 432 Å². The van der Waals surface area contributed by atoms with Crippen molar-refractivity contribution in [2.45, 2.75) is 0 Å². The minimum Gasteiger partial charge on any atom is -0.306 e. The number of hydrogen-bond donors (Lipinski definition) is 0. The van der Waals surface area contributed by atoms with Crippen LogP contribution in [0.1, 0.15) is 0 Å². The van der Waals surface area contributed by atoms with Gasteiger partial charge in [0.15, 0.2) is 11.6 Å². The van der Waals surface area contributed by atoms with E-state index in [0.717, 1.165) is 178 Å². The van der Waals surface area contributed by atoms with Crippen molar-refractivity contribution in [3.05, 3.63) is 432 Å². The number of benzene rings is 14. The van der Waals surface area contributed by atoms with Gasteiger partial charge in [-0.15, -0.1) is 0 Å². The zero-order valence-corrected chi connectivity index (χ0v) is 67.7. The molecule has 0 atom stereocenters. The molecule has 0 aliphatic rings. The van der Waals surface area contributed by atoms with Crippen molar-refractivity contribution in [2.75, 3.05) is 0 Å². The number of fused-ring (bicyclic) bond motifs is 18. The van der Waals surface area contributed by atoms with E-state index in [-0.39, 0.29) is 0 Å². The Morgan fingerprint density at radius 2 is 0.413 bits per heavy atom. The summed E-state index contributed by atoms with van der Waals surface area (Å²) in [5.41, 5.74) is 24.7. The zero-order valence-electron chi connectivity index (χ0n) is 67.7. The van der Waals surface area contributed by atoms with Crippen LogP contribution < -0.4 is 0 Å². The molecule has 0 unspecified atom stereocenters. The molecule has 0 aliphatic heterocycles. The average Bonchev–Trinajstić information content (AvgIpc) is 1.57. The SMILES string of the molecule is c1ccc(-c2cc3c4ccccc4n(-c4cnc(-n5c6ccccc6c6ccccc65)cn4)c3cn2)cc1.c1ccc(-c2cc3c4ccccc4n(-c4cnc(-n5c6ccccc6c6ccccc65)nc4)c3c(-c3ccccc3)n2)cc1.c1ccc(-c2cc3c4ccccc4n(-c4ncc(-n5c6ccccc6c6ccccc65)cn4)c3c(-c3ccccc3)n2)cc1. The second-order valence-electron chi connectivity index (χ2n) is 31.3. The first kappa shape index (κ1) is 72.6. The smallest absolute Gasteiger partial charge is 0.234 e. The van der Waals surface area contributed by atoms with E-state index in [4.69, 9.17) is 44.9 Å². The molecule has 590 valence electrons. The molecule has 26 rings (SSSR count). The van der Waals surface area contributed by atoms with Gasteiger partial charge < -0.3 is 9.13 Å².